The summed E-state index contributed by atoms with van der Waals surface area (Å²) in [7, 11) is 0. The van der Waals surface area contributed by atoms with Gasteiger partial charge in [-0.15, -0.1) is 11.3 Å². The Hall–Kier alpha value is -0.750. The SMILES string of the molecule is O=C(CSc1nccs1)N1Cc2cc(Cl)c(Cl)cc2C1. The molecule has 20 heavy (non-hydrogen) atoms. The first kappa shape index (κ1) is 14.2. The lowest BCUT2D eigenvalue weighted by Gasteiger charge is -2.14. The molecule has 0 saturated heterocycles. The van der Waals surface area contributed by atoms with Crippen LogP contribution in [0.2, 0.25) is 10.0 Å². The highest BCUT2D eigenvalue weighted by molar-refractivity contribution is 8.01. The molecule has 1 aromatic heterocycles. The molecule has 0 unspecified atom stereocenters. The van der Waals surface area contributed by atoms with Crippen LogP contribution in [-0.2, 0) is 17.9 Å². The van der Waals surface area contributed by atoms with Crippen molar-refractivity contribution >= 4 is 52.2 Å². The fourth-order valence-electron chi connectivity index (χ4n) is 2.06. The number of amides is 1. The van der Waals surface area contributed by atoms with E-state index in [0.717, 1.165) is 15.5 Å². The molecule has 1 aliphatic rings. The van der Waals surface area contributed by atoms with Crippen LogP contribution in [0.25, 0.3) is 0 Å². The van der Waals surface area contributed by atoms with Crippen molar-refractivity contribution < 1.29 is 4.79 Å². The molecule has 7 heteroatoms. The summed E-state index contributed by atoms with van der Waals surface area (Å²) in [5, 5.41) is 2.98. The van der Waals surface area contributed by atoms with E-state index in [0.29, 0.717) is 28.9 Å². The van der Waals surface area contributed by atoms with E-state index in [9.17, 15) is 4.79 Å². The number of thiazole rings is 1. The minimum Gasteiger partial charge on any atom is -0.333 e. The molecule has 0 atom stereocenters. The largest absolute Gasteiger partial charge is 0.333 e. The zero-order valence-corrected chi connectivity index (χ0v) is 13.5. The Bertz CT molecular complexity index is 615. The van der Waals surface area contributed by atoms with Crippen molar-refractivity contribution in [1.82, 2.24) is 9.88 Å². The summed E-state index contributed by atoms with van der Waals surface area (Å²) >= 11 is 15.0. The highest BCUT2D eigenvalue weighted by Crippen LogP contribution is 2.32. The van der Waals surface area contributed by atoms with Crippen LogP contribution < -0.4 is 0 Å². The van der Waals surface area contributed by atoms with Crippen LogP contribution in [0.4, 0.5) is 0 Å². The zero-order valence-electron chi connectivity index (χ0n) is 10.3. The number of carbonyl (C=O) groups is 1. The van der Waals surface area contributed by atoms with Gasteiger partial charge in [0.1, 0.15) is 4.34 Å². The van der Waals surface area contributed by atoms with Gasteiger partial charge < -0.3 is 4.90 Å². The van der Waals surface area contributed by atoms with Gasteiger partial charge in [-0.25, -0.2) is 4.98 Å². The number of rotatable bonds is 3. The summed E-state index contributed by atoms with van der Waals surface area (Å²) in [6.45, 7) is 1.20. The third-order valence-electron chi connectivity index (χ3n) is 3.05. The number of thioether (sulfide) groups is 1. The Kier molecular flexibility index (Phi) is 4.21. The van der Waals surface area contributed by atoms with Crippen LogP contribution in [0, 0.1) is 0 Å². The smallest absolute Gasteiger partial charge is 0.233 e. The lowest BCUT2D eigenvalue weighted by Crippen LogP contribution is -2.26. The molecule has 3 rings (SSSR count). The second kappa shape index (κ2) is 5.93. The molecular formula is C13H10Cl2N2OS2. The average Bonchev–Trinajstić information content (AvgIpc) is 3.05. The lowest BCUT2D eigenvalue weighted by atomic mass is 10.1. The van der Waals surface area contributed by atoms with Gasteiger partial charge in [0.25, 0.3) is 0 Å². The van der Waals surface area contributed by atoms with Crippen molar-refractivity contribution in [1.29, 1.82) is 0 Å². The number of aromatic nitrogens is 1. The third-order valence-corrected chi connectivity index (χ3v) is 5.72. The standard InChI is InChI=1S/C13H10Cl2N2OS2/c14-10-3-8-5-17(6-9(8)4-11(10)15)12(18)7-20-13-16-1-2-19-13/h1-4H,5-7H2. The summed E-state index contributed by atoms with van der Waals surface area (Å²) in [5.41, 5.74) is 2.15. The predicted molar refractivity (Wildman–Crippen MR) is 83.6 cm³/mol. The normalized spacial score (nSPS) is 13.6. The van der Waals surface area contributed by atoms with Crippen LogP contribution in [-0.4, -0.2) is 21.5 Å². The number of fused-ring (bicyclic) bond motifs is 1. The van der Waals surface area contributed by atoms with Crippen molar-refractivity contribution in [3.05, 3.63) is 44.9 Å². The minimum atomic E-state index is 0.105. The van der Waals surface area contributed by atoms with Crippen LogP contribution in [0.3, 0.4) is 0 Å². The molecule has 2 heterocycles. The van der Waals surface area contributed by atoms with Crippen LogP contribution >= 0.6 is 46.3 Å². The van der Waals surface area contributed by atoms with Crippen LogP contribution in [0.15, 0.2) is 28.0 Å². The Morgan fingerprint density at radius 3 is 2.50 bits per heavy atom. The average molecular weight is 345 g/mol. The Balaban J connectivity index is 1.64. The molecule has 0 fully saturated rings. The number of hydrogen-bond acceptors (Lipinski definition) is 4. The highest BCUT2D eigenvalue weighted by Gasteiger charge is 2.24. The van der Waals surface area contributed by atoms with Crippen molar-refractivity contribution in [2.75, 3.05) is 5.75 Å². The first-order valence-corrected chi connectivity index (χ1v) is 8.52. The summed E-state index contributed by atoms with van der Waals surface area (Å²) in [4.78, 5) is 18.2. The molecule has 0 spiro atoms. The van der Waals surface area contributed by atoms with Crippen molar-refractivity contribution in [3.63, 3.8) is 0 Å². The number of benzene rings is 1. The van der Waals surface area contributed by atoms with E-state index in [1.165, 1.54) is 11.8 Å². The summed E-state index contributed by atoms with van der Waals surface area (Å²) < 4.78 is 0.918. The number of halogens is 2. The van der Waals surface area contributed by atoms with Gasteiger partial charge in [0.2, 0.25) is 5.91 Å². The van der Waals surface area contributed by atoms with E-state index in [2.05, 4.69) is 4.98 Å². The second-order valence-electron chi connectivity index (χ2n) is 4.37. The molecule has 0 N–H and O–H groups in total. The number of nitrogens with zero attached hydrogens (tertiary/aromatic N) is 2. The topological polar surface area (TPSA) is 33.2 Å². The molecule has 1 amide bonds. The monoisotopic (exact) mass is 344 g/mol. The molecule has 0 saturated carbocycles. The lowest BCUT2D eigenvalue weighted by molar-refractivity contribution is -0.128. The summed E-state index contributed by atoms with van der Waals surface area (Å²) in [6.07, 6.45) is 1.74. The van der Waals surface area contributed by atoms with Gasteiger partial charge in [-0.3, -0.25) is 4.79 Å². The van der Waals surface area contributed by atoms with Crippen molar-refractivity contribution in [2.45, 2.75) is 17.4 Å². The number of hydrogen-bond donors (Lipinski definition) is 0. The minimum absolute atomic E-state index is 0.105. The molecule has 1 aliphatic heterocycles. The summed E-state index contributed by atoms with van der Waals surface area (Å²) in [5.74, 6) is 0.511. The van der Waals surface area contributed by atoms with Crippen molar-refractivity contribution in [2.24, 2.45) is 0 Å². The maximum absolute atomic E-state index is 12.2. The van der Waals surface area contributed by atoms with Crippen molar-refractivity contribution in [3.8, 4) is 0 Å². The third kappa shape index (κ3) is 2.96. The zero-order chi connectivity index (χ0) is 14.1. The van der Waals surface area contributed by atoms with Gasteiger partial charge in [-0.2, -0.15) is 0 Å². The van der Waals surface area contributed by atoms with E-state index in [4.69, 9.17) is 23.2 Å². The first-order valence-electron chi connectivity index (χ1n) is 5.90. The molecule has 104 valence electrons. The second-order valence-corrected chi connectivity index (χ2v) is 7.30. The van der Waals surface area contributed by atoms with Gasteiger partial charge in [0.05, 0.1) is 15.8 Å². The Morgan fingerprint density at radius 2 is 1.95 bits per heavy atom. The van der Waals surface area contributed by atoms with Crippen LogP contribution in [0.1, 0.15) is 11.1 Å². The molecular weight excluding hydrogens is 335 g/mol. The van der Waals surface area contributed by atoms with E-state index >= 15 is 0 Å². The maximum Gasteiger partial charge on any atom is 0.233 e. The van der Waals surface area contributed by atoms with E-state index in [1.807, 2.05) is 22.4 Å². The molecule has 1 aromatic carbocycles. The summed E-state index contributed by atoms with van der Waals surface area (Å²) in [6, 6.07) is 3.70. The predicted octanol–water partition coefficient (Wildman–Crippen LogP) is 4.08. The van der Waals surface area contributed by atoms with Gasteiger partial charge in [-0.1, -0.05) is 35.0 Å². The molecule has 3 nitrogen and oxygen atoms in total. The fourth-order valence-corrected chi connectivity index (χ4v) is 3.98. The molecule has 0 radical (unpaired) electrons. The van der Waals surface area contributed by atoms with Gasteiger partial charge in [0, 0.05) is 24.7 Å². The molecule has 0 bridgehead atoms. The van der Waals surface area contributed by atoms with Gasteiger partial charge in [0.15, 0.2) is 0 Å². The van der Waals surface area contributed by atoms with E-state index in [1.54, 1.807) is 17.5 Å². The van der Waals surface area contributed by atoms with Gasteiger partial charge in [-0.05, 0) is 23.3 Å². The molecule has 0 aliphatic carbocycles. The van der Waals surface area contributed by atoms with E-state index < -0.39 is 0 Å². The Morgan fingerprint density at radius 1 is 1.30 bits per heavy atom. The maximum atomic E-state index is 12.2. The highest BCUT2D eigenvalue weighted by atomic mass is 35.5. The first-order chi connectivity index (χ1) is 9.63. The van der Waals surface area contributed by atoms with Crippen LogP contribution in [0.5, 0.6) is 0 Å². The molecule has 2 aromatic rings. The number of carbonyl (C=O) groups excluding carboxylic acids is 1. The fraction of sp³-hybridized carbons (Fsp3) is 0.231. The van der Waals surface area contributed by atoms with E-state index in [-0.39, 0.29) is 5.91 Å². The quantitative estimate of drug-likeness (QED) is 0.786. The van der Waals surface area contributed by atoms with Gasteiger partial charge >= 0.3 is 0 Å². The Labute approximate surface area is 134 Å².